The molecule has 0 radical (unpaired) electrons. The van der Waals surface area contributed by atoms with Crippen LogP contribution in [0.25, 0.3) is 0 Å². The van der Waals surface area contributed by atoms with Crippen LogP contribution in [0.2, 0.25) is 0 Å². The number of non-ortho nitro benzene ring substituents is 1. The van der Waals surface area contributed by atoms with Gasteiger partial charge in [0.05, 0.1) is 16.2 Å². The summed E-state index contributed by atoms with van der Waals surface area (Å²) < 4.78 is 0. The van der Waals surface area contributed by atoms with Crippen LogP contribution in [0.1, 0.15) is 28.8 Å². The molecule has 2 aromatic carbocycles. The lowest BCUT2D eigenvalue weighted by atomic mass is 10.1. The quantitative estimate of drug-likeness (QED) is 0.528. The number of carbonyl (C=O) groups excluding carboxylic acids is 1. The molecule has 6 nitrogen and oxygen atoms in total. The van der Waals surface area contributed by atoms with E-state index in [1.807, 2.05) is 0 Å². The van der Waals surface area contributed by atoms with Crippen LogP contribution in [-0.4, -0.2) is 23.9 Å². The molecule has 126 valence electrons. The molecule has 25 heavy (non-hydrogen) atoms. The summed E-state index contributed by atoms with van der Waals surface area (Å²) in [5.41, 5.74) is 2.11. The summed E-state index contributed by atoms with van der Waals surface area (Å²) in [5.74, 6) is 2.12. The Morgan fingerprint density at radius 2 is 1.96 bits per heavy atom. The summed E-state index contributed by atoms with van der Waals surface area (Å²) in [7, 11) is 0. The molecule has 0 saturated carbocycles. The van der Waals surface area contributed by atoms with Crippen LogP contribution in [0.4, 0.5) is 17.1 Å². The fourth-order valence-electron chi connectivity index (χ4n) is 2.94. The number of hydrogen-bond acceptors (Lipinski definition) is 4. The number of terminal acetylenes is 1. The average molecular weight is 335 g/mol. The Bertz CT molecular complexity index is 864. The molecule has 6 heteroatoms. The minimum atomic E-state index is -0.497. The molecule has 0 aliphatic carbocycles. The summed E-state index contributed by atoms with van der Waals surface area (Å²) >= 11 is 0. The van der Waals surface area contributed by atoms with Crippen molar-refractivity contribution >= 4 is 23.0 Å². The maximum Gasteiger partial charge on any atom is 0.270 e. The van der Waals surface area contributed by atoms with Gasteiger partial charge in [-0.25, -0.2) is 0 Å². The highest BCUT2D eigenvalue weighted by Gasteiger charge is 2.22. The molecule has 1 fully saturated rings. The Morgan fingerprint density at radius 1 is 1.20 bits per heavy atom. The Hall–Kier alpha value is -3.33. The van der Waals surface area contributed by atoms with E-state index >= 15 is 0 Å². The third-order valence-electron chi connectivity index (χ3n) is 4.17. The molecule has 0 unspecified atom stereocenters. The van der Waals surface area contributed by atoms with Gasteiger partial charge >= 0.3 is 0 Å². The number of nitrogens with one attached hydrogen (secondary N) is 1. The zero-order valence-electron chi connectivity index (χ0n) is 13.6. The summed E-state index contributed by atoms with van der Waals surface area (Å²) in [4.78, 5) is 25.4. The van der Waals surface area contributed by atoms with E-state index in [9.17, 15) is 14.9 Å². The van der Waals surface area contributed by atoms with Crippen molar-refractivity contribution in [1.82, 2.24) is 0 Å². The Kier molecular flexibility index (Phi) is 4.66. The number of nitro benzene ring substituents is 1. The molecule has 1 aliphatic heterocycles. The molecule has 1 amide bonds. The predicted molar refractivity (Wildman–Crippen MR) is 96.9 cm³/mol. The summed E-state index contributed by atoms with van der Waals surface area (Å²) in [6.45, 7) is 1.68. The fraction of sp³-hybridized carbons (Fsp3) is 0.211. The molecule has 0 atom stereocenters. The molecular weight excluding hydrogens is 318 g/mol. The standard InChI is InChI=1S/C19H17N3O3/c1-2-14-6-5-7-15(12-14)20-19(23)17-13-16(22(24)25)8-9-18(17)21-10-3-4-11-21/h1,5-9,12-13H,3-4,10-11H2,(H,20,23). The van der Waals surface area contributed by atoms with Gasteiger partial charge in [0.1, 0.15) is 0 Å². The first kappa shape index (κ1) is 16.5. The van der Waals surface area contributed by atoms with Gasteiger partial charge < -0.3 is 10.2 Å². The second-order valence-corrected chi connectivity index (χ2v) is 5.83. The minimum absolute atomic E-state index is 0.106. The largest absolute Gasteiger partial charge is 0.371 e. The molecule has 3 rings (SSSR count). The molecule has 0 bridgehead atoms. The van der Waals surface area contributed by atoms with E-state index < -0.39 is 4.92 Å². The lowest BCUT2D eigenvalue weighted by molar-refractivity contribution is -0.384. The van der Waals surface area contributed by atoms with E-state index in [0.717, 1.165) is 25.9 Å². The maximum atomic E-state index is 12.8. The molecule has 1 aliphatic rings. The zero-order valence-corrected chi connectivity index (χ0v) is 13.6. The average Bonchev–Trinajstić information content (AvgIpc) is 3.15. The lowest BCUT2D eigenvalue weighted by Gasteiger charge is -2.21. The van der Waals surface area contributed by atoms with Gasteiger partial charge in [-0.1, -0.05) is 12.0 Å². The van der Waals surface area contributed by atoms with Crippen LogP contribution in [0.3, 0.4) is 0 Å². The van der Waals surface area contributed by atoms with Gasteiger partial charge in [0.2, 0.25) is 0 Å². The Morgan fingerprint density at radius 3 is 2.64 bits per heavy atom. The van der Waals surface area contributed by atoms with E-state index in [0.29, 0.717) is 22.5 Å². The first-order chi connectivity index (χ1) is 12.1. The van der Waals surface area contributed by atoms with Crippen LogP contribution < -0.4 is 10.2 Å². The third kappa shape index (κ3) is 3.61. The zero-order chi connectivity index (χ0) is 17.8. The SMILES string of the molecule is C#Cc1cccc(NC(=O)c2cc([N+](=O)[O-])ccc2N2CCCC2)c1. The number of amides is 1. The number of carbonyl (C=O) groups is 1. The predicted octanol–water partition coefficient (Wildman–Crippen LogP) is 3.43. The van der Waals surface area contributed by atoms with Gasteiger partial charge in [-0.05, 0) is 37.1 Å². The number of nitrogens with zero attached hydrogens (tertiary/aromatic N) is 2. The number of benzene rings is 2. The van der Waals surface area contributed by atoms with E-state index in [2.05, 4.69) is 16.1 Å². The van der Waals surface area contributed by atoms with Crippen molar-refractivity contribution in [3.05, 3.63) is 63.7 Å². The van der Waals surface area contributed by atoms with E-state index in [1.165, 1.54) is 12.1 Å². The van der Waals surface area contributed by atoms with Gasteiger partial charge in [-0.3, -0.25) is 14.9 Å². The first-order valence-electron chi connectivity index (χ1n) is 8.00. The van der Waals surface area contributed by atoms with Crippen molar-refractivity contribution in [2.45, 2.75) is 12.8 Å². The Labute approximate surface area is 145 Å². The normalized spacial score (nSPS) is 13.3. The molecule has 1 heterocycles. The summed E-state index contributed by atoms with van der Waals surface area (Å²) in [6.07, 6.45) is 7.46. The molecule has 2 aromatic rings. The van der Waals surface area contributed by atoms with Gasteiger partial charge in [-0.15, -0.1) is 6.42 Å². The fourth-order valence-corrected chi connectivity index (χ4v) is 2.94. The number of nitro groups is 1. The van der Waals surface area contributed by atoms with Gasteiger partial charge in [-0.2, -0.15) is 0 Å². The lowest BCUT2D eigenvalue weighted by Crippen LogP contribution is -2.23. The molecule has 0 aromatic heterocycles. The van der Waals surface area contributed by atoms with Crippen molar-refractivity contribution < 1.29 is 9.72 Å². The smallest absolute Gasteiger partial charge is 0.270 e. The van der Waals surface area contributed by atoms with Crippen LogP contribution in [0.15, 0.2) is 42.5 Å². The first-order valence-corrected chi connectivity index (χ1v) is 8.00. The number of anilines is 2. The molecule has 1 saturated heterocycles. The second-order valence-electron chi connectivity index (χ2n) is 5.83. The molecule has 1 N–H and O–H groups in total. The highest BCUT2D eigenvalue weighted by Crippen LogP contribution is 2.29. The monoisotopic (exact) mass is 335 g/mol. The summed E-state index contributed by atoms with van der Waals surface area (Å²) in [6, 6.07) is 11.3. The van der Waals surface area contributed by atoms with E-state index in [4.69, 9.17) is 6.42 Å². The number of hydrogen-bond donors (Lipinski definition) is 1. The third-order valence-corrected chi connectivity index (χ3v) is 4.17. The van der Waals surface area contributed by atoms with Crippen LogP contribution >= 0.6 is 0 Å². The highest BCUT2D eigenvalue weighted by atomic mass is 16.6. The van der Waals surface area contributed by atoms with Gasteiger partial charge in [0.15, 0.2) is 0 Å². The second kappa shape index (κ2) is 7.05. The summed E-state index contributed by atoms with van der Waals surface area (Å²) in [5, 5.41) is 13.9. The molecule has 0 spiro atoms. The van der Waals surface area contributed by atoms with Crippen LogP contribution in [0, 0.1) is 22.5 Å². The van der Waals surface area contributed by atoms with Gasteiger partial charge in [0.25, 0.3) is 11.6 Å². The van der Waals surface area contributed by atoms with Gasteiger partial charge in [0, 0.05) is 36.5 Å². The topological polar surface area (TPSA) is 75.5 Å². The van der Waals surface area contributed by atoms with Crippen molar-refractivity contribution in [2.24, 2.45) is 0 Å². The van der Waals surface area contributed by atoms with E-state index in [-0.39, 0.29) is 11.6 Å². The number of rotatable bonds is 4. The van der Waals surface area contributed by atoms with Crippen molar-refractivity contribution in [2.75, 3.05) is 23.3 Å². The maximum absolute atomic E-state index is 12.8. The van der Waals surface area contributed by atoms with Crippen molar-refractivity contribution in [1.29, 1.82) is 0 Å². The highest BCUT2D eigenvalue weighted by molar-refractivity contribution is 6.08. The van der Waals surface area contributed by atoms with Crippen LogP contribution in [-0.2, 0) is 0 Å². The van der Waals surface area contributed by atoms with Crippen molar-refractivity contribution in [3.63, 3.8) is 0 Å². The Balaban J connectivity index is 1.95. The molecular formula is C19H17N3O3. The van der Waals surface area contributed by atoms with Crippen molar-refractivity contribution in [3.8, 4) is 12.3 Å². The van der Waals surface area contributed by atoms with E-state index in [1.54, 1.807) is 30.3 Å². The van der Waals surface area contributed by atoms with Crippen LogP contribution in [0.5, 0.6) is 0 Å². The minimum Gasteiger partial charge on any atom is -0.371 e.